The van der Waals surface area contributed by atoms with E-state index in [2.05, 4.69) is 14.8 Å². The van der Waals surface area contributed by atoms with E-state index in [0.29, 0.717) is 0 Å². The minimum absolute atomic E-state index is 0.0443. The van der Waals surface area contributed by atoms with Gasteiger partial charge < -0.3 is 0 Å². The number of hydrogen-bond donors (Lipinski definition) is 1. The van der Waals surface area contributed by atoms with Crippen LogP contribution in [0.15, 0.2) is 0 Å². The molecule has 0 rings (SSSR count). The van der Waals surface area contributed by atoms with Crippen LogP contribution in [-0.4, -0.2) is 6.54 Å². The van der Waals surface area contributed by atoms with Gasteiger partial charge in [0, 0.05) is 0 Å². The molecule has 0 saturated heterocycles. The van der Waals surface area contributed by atoms with Gasteiger partial charge in [0.2, 0.25) is 0 Å². The second kappa shape index (κ2) is 4.84. The van der Waals surface area contributed by atoms with Crippen molar-refractivity contribution in [1.82, 2.24) is 3.26 Å². The summed E-state index contributed by atoms with van der Waals surface area (Å²) in [7, 11) is 0. The van der Waals surface area contributed by atoms with Gasteiger partial charge in [-0.1, -0.05) is 0 Å². The molecular formula is C3H9NZr. The fourth-order valence-electron chi connectivity index (χ4n) is 0.177. The van der Waals surface area contributed by atoms with Crippen molar-refractivity contribution in [3.8, 4) is 0 Å². The van der Waals surface area contributed by atoms with Crippen LogP contribution >= 0.6 is 0 Å². The van der Waals surface area contributed by atoms with E-state index in [1.54, 1.807) is 0 Å². The van der Waals surface area contributed by atoms with Crippen LogP contribution in [0, 0.1) is 0 Å². The van der Waals surface area contributed by atoms with Crippen LogP contribution in [0.2, 0.25) is 4.63 Å². The average Bonchev–Trinajstić information content (AvgIpc) is 1.41. The van der Waals surface area contributed by atoms with Crippen LogP contribution < -0.4 is 3.26 Å². The van der Waals surface area contributed by atoms with E-state index >= 15 is 0 Å². The van der Waals surface area contributed by atoms with E-state index in [0.717, 1.165) is 0 Å². The Kier molecular flexibility index (Phi) is 5.66. The Morgan fingerprint density at radius 2 is 2.40 bits per heavy atom. The van der Waals surface area contributed by atoms with Crippen molar-refractivity contribution in [2.45, 2.75) is 11.6 Å². The van der Waals surface area contributed by atoms with Crippen molar-refractivity contribution in [1.29, 1.82) is 0 Å². The van der Waals surface area contributed by atoms with E-state index in [9.17, 15) is 0 Å². The Morgan fingerprint density at radius 3 is 2.40 bits per heavy atom. The van der Waals surface area contributed by atoms with E-state index in [-0.39, 0.29) is 23.5 Å². The molecule has 0 aliphatic heterocycles. The molecular weight excluding hydrogens is 141 g/mol. The van der Waals surface area contributed by atoms with E-state index in [1.165, 1.54) is 6.54 Å². The first kappa shape index (κ1) is 5.84. The normalized spacial score (nSPS) is 7.60. The fourth-order valence-corrected chi connectivity index (χ4v) is 1.05. The summed E-state index contributed by atoms with van der Waals surface area (Å²) in [5.41, 5.74) is 0. The van der Waals surface area contributed by atoms with Gasteiger partial charge in [0.15, 0.2) is 0 Å². The molecule has 0 aromatic rings. The predicted octanol–water partition coefficient (Wildman–Crippen LogP) is 0.641. The molecule has 0 heterocycles. The second-order valence-electron chi connectivity index (χ2n) is 0.780. The zero-order valence-corrected chi connectivity index (χ0v) is 6.17. The summed E-state index contributed by atoms with van der Waals surface area (Å²) in [6.07, 6.45) is 0. The molecule has 2 heteroatoms. The van der Waals surface area contributed by atoms with E-state index < -0.39 is 0 Å². The van der Waals surface area contributed by atoms with Gasteiger partial charge in [-0.3, -0.25) is 0 Å². The SMILES string of the molecule is CC[NH][Zr][CH3]. The third kappa shape index (κ3) is 4.84. The molecule has 0 aromatic carbocycles. The van der Waals surface area contributed by atoms with E-state index in [1.807, 2.05) is 0 Å². The van der Waals surface area contributed by atoms with Crippen molar-refractivity contribution in [2.75, 3.05) is 6.54 Å². The average molecular weight is 150 g/mol. The van der Waals surface area contributed by atoms with Gasteiger partial charge >= 0.3 is 44.9 Å². The molecule has 0 fully saturated rings. The van der Waals surface area contributed by atoms with Crippen LogP contribution in [0.4, 0.5) is 0 Å². The van der Waals surface area contributed by atoms with Gasteiger partial charge in [-0.15, -0.1) is 0 Å². The molecule has 0 atom stereocenters. The van der Waals surface area contributed by atoms with Crippen molar-refractivity contribution in [2.24, 2.45) is 0 Å². The standard InChI is InChI=1S/C2H6N.CH3.Zr/c1-2-3;;/h3H,2H2,1H3;1H3;/q-1;;+1. The van der Waals surface area contributed by atoms with E-state index in [4.69, 9.17) is 0 Å². The van der Waals surface area contributed by atoms with Gasteiger partial charge in [0.25, 0.3) is 0 Å². The fraction of sp³-hybridized carbons (Fsp3) is 1.00. The monoisotopic (exact) mass is 149 g/mol. The zero-order valence-electron chi connectivity index (χ0n) is 3.71. The Labute approximate surface area is 45.1 Å². The molecule has 0 aliphatic rings. The molecule has 0 saturated carbocycles. The third-order valence-electron chi connectivity index (χ3n) is 0.354. The predicted molar refractivity (Wildman–Crippen MR) is 19.5 cm³/mol. The Balaban J connectivity index is 2.19. The summed E-state index contributed by atoms with van der Waals surface area (Å²) in [5, 5.41) is 0. The molecule has 0 spiro atoms. The number of hydrogen-bond acceptors (Lipinski definition) is 1. The Morgan fingerprint density at radius 1 is 1.80 bits per heavy atom. The van der Waals surface area contributed by atoms with Crippen molar-refractivity contribution >= 4 is 0 Å². The number of nitrogens with one attached hydrogen (secondary N) is 1. The van der Waals surface area contributed by atoms with Gasteiger partial charge in [0.05, 0.1) is 0 Å². The molecule has 0 aliphatic carbocycles. The summed E-state index contributed by atoms with van der Waals surface area (Å²) in [5.74, 6) is 0. The van der Waals surface area contributed by atoms with Crippen LogP contribution in [0.5, 0.6) is 0 Å². The molecule has 1 N–H and O–H groups in total. The number of rotatable bonds is 2. The molecule has 1 nitrogen and oxygen atoms in total. The summed E-state index contributed by atoms with van der Waals surface area (Å²) < 4.78 is 5.55. The minimum atomic E-state index is -0.0443. The molecule has 0 radical (unpaired) electrons. The Hall–Kier alpha value is 0.843. The third-order valence-corrected chi connectivity index (χ3v) is 2.09. The molecule has 0 aromatic heterocycles. The first-order chi connectivity index (χ1) is 2.41. The van der Waals surface area contributed by atoms with Gasteiger partial charge in [-0.2, -0.15) is 0 Å². The zero-order chi connectivity index (χ0) is 4.12. The van der Waals surface area contributed by atoms with Crippen LogP contribution in [-0.2, 0) is 23.5 Å². The second-order valence-corrected chi connectivity index (χ2v) is 2.88. The molecule has 0 unspecified atom stereocenters. The van der Waals surface area contributed by atoms with Crippen LogP contribution in [0.3, 0.4) is 0 Å². The summed E-state index contributed by atoms with van der Waals surface area (Å²) in [6.45, 7) is 3.31. The van der Waals surface area contributed by atoms with Crippen molar-refractivity contribution in [3.05, 3.63) is 0 Å². The summed E-state index contributed by atoms with van der Waals surface area (Å²) in [4.78, 5) is 0. The molecule has 0 amide bonds. The molecule has 0 bridgehead atoms. The maximum atomic E-state index is 3.28. The molecule has 5 heavy (non-hydrogen) atoms. The summed E-state index contributed by atoms with van der Waals surface area (Å²) in [6, 6.07) is 0. The van der Waals surface area contributed by atoms with Gasteiger partial charge in [-0.25, -0.2) is 0 Å². The maximum absolute atomic E-state index is 3.28. The van der Waals surface area contributed by atoms with Crippen molar-refractivity contribution in [3.63, 3.8) is 0 Å². The van der Waals surface area contributed by atoms with Crippen molar-refractivity contribution < 1.29 is 23.5 Å². The van der Waals surface area contributed by atoms with Crippen LogP contribution in [0.25, 0.3) is 0 Å². The first-order valence-electron chi connectivity index (χ1n) is 1.81. The molecule has 30 valence electrons. The Bertz CT molecular complexity index is 14.4. The summed E-state index contributed by atoms with van der Waals surface area (Å²) >= 11 is -0.0443. The topological polar surface area (TPSA) is 12.0 Å². The first-order valence-corrected chi connectivity index (χ1v) is 5.50. The van der Waals surface area contributed by atoms with Crippen LogP contribution in [0.1, 0.15) is 6.92 Å². The quantitative estimate of drug-likeness (QED) is 0.609. The van der Waals surface area contributed by atoms with Gasteiger partial charge in [-0.05, 0) is 0 Å². The van der Waals surface area contributed by atoms with Gasteiger partial charge in [0.1, 0.15) is 0 Å².